The first-order chi connectivity index (χ1) is 8.99. The Balaban J connectivity index is 3.05. The molecule has 0 amide bonds. The van der Waals surface area contributed by atoms with Crippen LogP contribution in [0.1, 0.15) is 25.3 Å². The minimum absolute atomic E-state index is 0.108. The Bertz CT molecular complexity index is 473. The fourth-order valence-corrected chi connectivity index (χ4v) is 1.55. The second-order valence-corrected chi connectivity index (χ2v) is 3.95. The van der Waals surface area contributed by atoms with Crippen molar-refractivity contribution < 1.29 is 24.7 Å². The van der Waals surface area contributed by atoms with Gasteiger partial charge in [0.2, 0.25) is 0 Å². The summed E-state index contributed by atoms with van der Waals surface area (Å²) >= 11 is 0. The van der Waals surface area contributed by atoms with Gasteiger partial charge in [0.05, 0.1) is 11.5 Å². The van der Waals surface area contributed by atoms with Crippen LogP contribution in [-0.2, 0) is 11.4 Å². The molecule has 0 fully saturated rings. The van der Waals surface area contributed by atoms with Gasteiger partial charge in [0.25, 0.3) is 0 Å². The number of carboxylic acids is 1. The number of carboxylic acid groups (broad SMARTS) is 1. The number of benzene rings is 1. The highest BCUT2D eigenvalue weighted by molar-refractivity contribution is 5.73. The molecule has 1 atom stereocenters. The van der Waals surface area contributed by atoms with Gasteiger partial charge in [-0.3, -0.25) is 10.1 Å². The molecule has 0 aliphatic heterocycles. The molecule has 1 rings (SSSR count). The summed E-state index contributed by atoms with van der Waals surface area (Å²) in [7, 11) is 0. The number of aliphatic carboxylic acids is 1. The summed E-state index contributed by atoms with van der Waals surface area (Å²) in [5, 5.41) is 28.8. The van der Waals surface area contributed by atoms with E-state index in [9.17, 15) is 14.9 Å². The molecular formula is C12H15NO6. The lowest BCUT2D eigenvalue weighted by molar-refractivity contribution is -0.386. The maximum Gasteiger partial charge on any atom is 0.344 e. The van der Waals surface area contributed by atoms with Gasteiger partial charge >= 0.3 is 11.7 Å². The minimum Gasteiger partial charge on any atom is -0.479 e. The first-order valence-corrected chi connectivity index (χ1v) is 5.77. The quantitative estimate of drug-likeness (QED) is 0.576. The molecule has 0 aliphatic carbocycles. The number of rotatable bonds is 7. The fourth-order valence-electron chi connectivity index (χ4n) is 1.55. The molecule has 1 unspecified atom stereocenters. The monoisotopic (exact) mass is 269 g/mol. The normalized spacial score (nSPS) is 11.9. The van der Waals surface area contributed by atoms with Crippen molar-refractivity contribution in [3.8, 4) is 5.75 Å². The van der Waals surface area contributed by atoms with E-state index in [-0.39, 0.29) is 24.5 Å². The van der Waals surface area contributed by atoms with E-state index in [1.54, 1.807) is 6.92 Å². The van der Waals surface area contributed by atoms with E-state index in [1.165, 1.54) is 18.2 Å². The third kappa shape index (κ3) is 3.92. The molecule has 0 saturated heterocycles. The Morgan fingerprint density at radius 3 is 2.68 bits per heavy atom. The molecule has 0 saturated carbocycles. The lowest BCUT2D eigenvalue weighted by Crippen LogP contribution is -2.27. The SMILES string of the molecule is CCCC(Oc1ccc(CO)cc1[N+](=O)[O-])C(=O)O. The fraction of sp³-hybridized carbons (Fsp3) is 0.417. The van der Waals surface area contributed by atoms with Crippen molar-refractivity contribution >= 4 is 11.7 Å². The van der Waals surface area contributed by atoms with Crippen molar-refractivity contribution in [3.63, 3.8) is 0 Å². The van der Waals surface area contributed by atoms with Crippen LogP contribution in [0.4, 0.5) is 5.69 Å². The number of hydrogen-bond donors (Lipinski definition) is 2. The lowest BCUT2D eigenvalue weighted by Gasteiger charge is -2.14. The topological polar surface area (TPSA) is 110 Å². The minimum atomic E-state index is -1.16. The third-order valence-corrected chi connectivity index (χ3v) is 2.50. The summed E-state index contributed by atoms with van der Waals surface area (Å²) in [5.74, 6) is -1.27. The summed E-state index contributed by atoms with van der Waals surface area (Å²) in [6.07, 6.45) is -0.281. The average molecular weight is 269 g/mol. The van der Waals surface area contributed by atoms with Crippen molar-refractivity contribution in [2.75, 3.05) is 0 Å². The van der Waals surface area contributed by atoms with Gasteiger partial charge in [0, 0.05) is 6.07 Å². The van der Waals surface area contributed by atoms with Crippen LogP contribution >= 0.6 is 0 Å². The van der Waals surface area contributed by atoms with E-state index >= 15 is 0 Å². The molecule has 7 heteroatoms. The summed E-state index contributed by atoms with van der Waals surface area (Å²) in [5.41, 5.74) is 0.00956. The van der Waals surface area contributed by atoms with Gasteiger partial charge < -0.3 is 14.9 Å². The molecule has 0 aliphatic rings. The average Bonchev–Trinajstić information content (AvgIpc) is 2.38. The molecule has 2 N–H and O–H groups in total. The number of hydrogen-bond acceptors (Lipinski definition) is 5. The number of aliphatic hydroxyl groups is 1. The van der Waals surface area contributed by atoms with Crippen molar-refractivity contribution in [1.29, 1.82) is 0 Å². The number of ether oxygens (including phenoxy) is 1. The number of aliphatic hydroxyl groups excluding tert-OH is 1. The van der Waals surface area contributed by atoms with Gasteiger partial charge in [-0.05, 0) is 18.1 Å². The lowest BCUT2D eigenvalue weighted by atomic mass is 10.2. The van der Waals surface area contributed by atoms with Crippen molar-refractivity contribution in [2.45, 2.75) is 32.5 Å². The largest absolute Gasteiger partial charge is 0.479 e. The second kappa shape index (κ2) is 6.69. The Morgan fingerprint density at radius 2 is 2.21 bits per heavy atom. The molecule has 1 aromatic carbocycles. The van der Waals surface area contributed by atoms with Crippen molar-refractivity contribution in [3.05, 3.63) is 33.9 Å². The Morgan fingerprint density at radius 1 is 1.53 bits per heavy atom. The highest BCUT2D eigenvalue weighted by atomic mass is 16.6. The summed E-state index contributed by atoms with van der Waals surface area (Å²) in [6.45, 7) is 1.46. The number of carbonyl (C=O) groups is 1. The van der Waals surface area contributed by atoms with E-state index in [4.69, 9.17) is 14.9 Å². The van der Waals surface area contributed by atoms with Crippen molar-refractivity contribution in [2.24, 2.45) is 0 Å². The number of nitrogens with zero attached hydrogens (tertiary/aromatic N) is 1. The Kier molecular flexibility index (Phi) is 5.25. The molecule has 104 valence electrons. The van der Waals surface area contributed by atoms with Crippen molar-refractivity contribution in [1.82, 2.24) is 0 Å². The van der Waals surface area contributed by atoms with Crippen LogP contribution in [0.25, 0.3) is 0 Å². The van der Waals surface area contributed by atoms with E-state index in [0.29, 0.717) is 12.0 Å². The third-order valence-electron chi connectivity index (χ3n) is 2.50. The van der Waals surface area contributed by atoms with Crippen LogP contribution in [0, 0.1) is 10.1 Å². The standard InChI is InChI=1S/C12H15NO6/c1-2-3-11(12(15)16)19-10-5-4-8(7-14)6-9(10)13(17)18/h4-6,11,14H,2-3,7H2,1H3,(H,15,16). The Labute approximate surface area is 109 Å². The van der Waals surface area contributed by atoms with Gasteiger partial charge in [0.15, 0.2) is 11.9 Å². The van der Waals surface area contributed by atoms with E-state index in [1.807, 2.05) is 0 Å². The van der Waals surface area contributed by atoms with Gasteiger partial charge in [-0.1, -0.05) is 19.4 Å². The summed E-state index contributed by atoms with van der Waals surface area (Å²) in [6, 6.07) is 3.92. The smallest absolute Gasteiger partial charge is 0.344 e. The molecule has 7 nitrogen and oxygen atoms in total. The van der Waals surface area contributed by atoms with Crippen LogP contribution < -0.4 is 4.74 Å². The van der Waals surface area contributed by atoms with E-state index < -0.39 is 17.0 Å². The van der Waals surface area contributed by atoms with Crippen LogP contribution in [0.3, 0.4) is 0 Å². The zero-order chi connectivity index (χ0) is 14.4. The summed E-state index contributed by atoms with van der Waals surface area (Å²) < 4.78 is 5.19. The number of nitro groups is 1. The van der Waals surface area contributed by atoms with Crippen LogP contribution in [0.2, 0.25) is 0 Å². The molecule has 19 heavy (non-hydrogen) atoms. The zero-order valence-electron chi connectivity index (χ0n) is 10.4. The second-order valence-electron chi connectivity index (χ2n) is 3.95. The summed E-state index contributed by atoms with van der Waals surface area (Å²) in [4.78, 5) is 21.2. The molecule has 0 radical (unpaired) electrons. The maximum absolute atomic E-state index is 11.0. The van der Waals surface area contributed by atoms with E-state index in [0.717, 1.165) is 0 Å². The van der Waals surface area contributed by atoms with Gasteiger partial charge in [0.1, 0.15) is 0 Å². The van der Waals surface area contributed by atoms with Gasteiger partial charge in [-0.15, -0.1) is 0 Å². The predicted octanol–water partition coefficient (Wildman–Crippen LogP) is 1.72. The predicted molar refractivity (Wildman–Crippen MR) is 66.0 cm³/mol. The first-order valence-electron chi connectivity index (χ1n) is 5.77. The molecule has 0 heterocycles. The first kappa shape index (κ1) is 14.9. The molecule has 1 aromatic rings. The van der Waals surface area contributed by atoms with Gasteiger partial charge in [-0.25, -0.2) is 4.79 Å². The molecular weight excluding hydrogens is 254 g/mol. The highest BCUT2D eigenvalue weighted by Gasteiger charge is 2.23. The maximum atomic E-state index is 11.0. The molecule has 0 spiro atoms. The molecule has 0 aromatic heterocycles. The Hall–Kier alpha value is -2.15. The number of nitro benzene ring substituents is 1. The van der Waals surface area contributed by atoms with Crippen LogP contribution in [0.5, 0.6) is 5.75 Å². The molecule has 0 bridgehead atoms. The highest BCUT2D eigenvalue weighted by Crippen LogP contribution is 2.29. The van der Waals surface area contributed by atoms with Gasteiger partial charge in [-0.2, -0.15) is 0 Å². The van der Waals surface area contributed by atoms with E-state index in [2.05, 4.69) is 0 Å². The van der Waals surface area contributed by atoms with Crippen LogP contribution in [-0.4, -0.2) is 27.2 Å². The zero-order valence-corrected chi connectivity index (χ0v) is 10.4. The van der Waals surface area contributed by atoms with Crippen LogP contribution in [0.15, 0.2) is 18.2 Å².